The van der Waals surface area contributed by atoms with E-state index in [1.54, 1.807) is 31.2 Å². The predicted molar refractivity (Wildman–Crippen MR) is 72.1 cm³/mol. The Balaban J connectivity index is 1.98. The highest BCUT2D eigenvalue weighted by molar-refractivity contribution is 6.21. The van der Waals surface area contributed by atoms with E-state index in [1.165, 1.54) is 4.90 Å². The van der Waals surface area contributed by atoms with E-state index in [0.29, 0.717) is 30.4 Å². The van der Waals surface area contributed by atoms with Gasteiger partial charge in [-0.2, -0.15) is 0 Å². The highest BCUT2D eigenvalue weighted by atomic mass is 16.6. The van der Waals surface area contributed by atoms with Crippen LogP contribution in [-0.2, 0) is 0 Å². The number of hydrogen-bond acceptors (Lipinski definition) is 4. The maximum absolute atomic E-state index is 12.1. The van der Waals surface area contributed by atoms with Gasteiger partial charge >= 0.3 is 0 Å². The van der Waals surface area contributed by atoms with E-state index < -0.39 is 6.04 Å². The van der Waals surface area contributed by atoms with Crippen LogP contribution in [0.4, 0.5) is 0 Å². The number of amides is 2. The lowest BCUT2D eigenvalue weighted by Gasteiger charge is -2.14. The number of fused-ring (bicyclic) bond motifs is 1. The average molecular weight is 276 g/mol. The molecule has 1 heterocycles. The van der Waals surface area contributed by atoms with Gasteiger partial charge in [-0.15, -0.1) is 0 Å². The number of benzene rings is 1. The SMILES string of the molecule is CCC(CCCN1C(=O)c2ccccc2C1=O)[N+](=O)[O-]. The minimum Gasteiger partial charge on any atom is -0.274 e. The molecule has 2 amide bonds. The first-order chi connectivity index (χ1) is 9.56. The molecule has 20 heavy (non-hydrogen) atoms. The molecule has 0 radical (unpaired) electrons. The van der Waals surface area contributed by atoms with Gasteiger partial charge in [-0.05, 0) is 18.6 Å². The van der Waals surface area contributed by atoms with Crippen molar-refractivity contribution in [3.8, 4) is 0 Å². The monoisotopic (exact) mass is 276 g/mol. The molecule has 0 bridgehead atoms. The van der Waals surface area contributed by atoms with Crippen LogP contribution < -0.4 is 0 Å². The molecule has 1 atom stereocenters. The van der Waals surface area contributed by atoms with Crippen LogP contribution in [0.1, 0.15) is 46.9 Å². The Kier molecular flexibility index (Phi) is 4.12. The molecule has 0 spiro atoms. The Morgan fingerprint density at radius 3 is 2.20 bits per heavy atom. The fraction of sp³-hybridized carbons (Fsp3) is 0.429. The highest BCUT2D eigenvalue weighted by Crippen LogP contribution is 2.22. The van der Waals surface area contributed by atoms with Gasteiger partial charge in [-0.1, -0.05) is 19.1 Å². The first-order valence-corrected chi connectivity index (χ1v) is 6.65. The summed E-state index contributed by atoms with van der Waals surface area (Å²) in [6, 6.07) is 6.08. The van der Waals surface area contributed by atoms with Crippen molar-refractivity contribution >= 4 is 11.8 Å². The molecule has 2 rings (SSSR count). The second kappa shape index (κ2) is 5.81. The first-order valence-electron chi connectivity index (χ1n) is 6.65. The molecule has 0 fully saturated rings. The third-order valence-electron chi connectivity index (χ3n) is 3.57. The van der Waals surface area contributed by atoms with Gasteiger partial charge < -0.3 is 0 Å². The summed E-state index contributed by atoms with van der Waals surface area (Å²) in [4.78, 5) is 35.7. The van der Waals surface area contributed by atoms with E-state index in [9.17, 15) is 19.7 Å². The molecular formula is C14H16N2O4. The fourth-order valence-electron chi connectivity index (χ4n) is 2.39. The predicted octanol–water partition coefficient (Wildman–Crippen LogP) is 2.12. The Morgan fingerprint density at radius 2 is 1.75 bits per heavy atom. The number of nitro groups is 1. The summed E-state index contributed by atoms with van der Waals surface area (Å²) in [5.74, 6) is -0.612. The summed E-state index contributed by atoms with van der Waals surface area (Å²) >= 11 is 0. The normalized spacial score (nSPS) is 15.3. The zero-order valence-electron chi connectivity index (χ0n) is 11.2. The number of rotatable bonds is 6. The van der Waals surface area contributed by atoms with Gasteiger partial charge in [0.05, 0.1) is 11.1 Å². The number of nitrogens with zero attached hydrogens (tertiary/aromatic N) is 2. The number of carbonyl (C=O) groups is 2. The second-order valence-electron chi connectivity index (χ2n) is 4.80. The maximum Gasteiger partial charge on any atom is 0.261 e. The van der Waals surface area contributed by atoms with Gasteiger partial charge in [0.15, 0.2) is 0 Å². The average Bonchev–Trinajstić information content (AvgIpc) is 2.68. The van der Waals surface area contributed by atoms with Gasteiger partial charge in [0.1, 0.15) is 0 Å². The van der Waals surface area contributed by atoms with Gasteiger partial charge in [0.2, 0.25) is 6.04 Å². The van der Waals surface area contributed by atoms with Crippen LogP contribution in [0.15, 0.2) is 24.3 Å². The van der Waals surface area contributed by atoms with Crippen LogP contribution in [0.2, 0.25) is 0 Å². The quantitative estimate of drug-likeness (QED) is 0.453. The smallest absolute Gasteiger partial charge is 0.261 e. The van der Waals surface area contributed by atoms with E-state index >= 15 is 0 Å². The molecule has 0 saturated carbocycles. The molecule has 1 unspecified atom stereocenters. The summed E-state index contributed by atoms with van der Waals surface area (Å²) in [5.41, 5.74) is 0.831. The molecule has 0 aliphatic carbocycles. The zero-order chi connectivity index (χ0) is 14.7. The third kappa shape index (κ3) is 2.54. The lowest BCUT2D eigenvalue weighted by atomic mass is 10.1. The molecule has 6 heteroatoms. The molecule has 0 aromatic heterocycles. The van der Waals surface area contributed by atoms with Crippen molar-refractivity contribution < 1.29 is 14.5 Å². The van der Waals surface area contributed by atoms with Crippen LogP contribution in [0.3, 0.4) is 0 Å². The number of carbonyl (C=O) groups excluding carboxylic acids is 2. The highest BCUT2D eigenvalue weighted by Gasteiger charge is 2.34. The molecule has 6 nitrogen and oxygen atoms in total. The van der Waals surface area contributed by atoms with Crippen molar-refractivity contribution in [2.75, 3.05) is 6.54 Å². The van der Waals surface area contributed by atoms with Gasteiger partial charge in [0, 0.05) is 24.3 Å². The molecule has 0 saturated heterocycles. The molecule has 106 valence electrons. The van der Waals surface area contributed by atoms with E-state index in [4.69, 9.17) is 0 Å². The van der Waals surface area contributed by atoms with Crippen molar-refractivity contribution in [1.82, 2.24) is 4.90 Å². The van der Waals surface area contributed by atoms with E-state index in [-0.39, 0.29) is 23.3 Å². The lowest BCUT2D eigenvalue weighted by Crippen LogP contribution is -2.31. The van der Waals surface area contributed by atoms with E-state index in [0.717, 1.165) is 0 Å². The summed E-state index contributed by atoms with van der Waals surface area (Å²) in [6.45, 7) is 1.99. The van der Waals surface area contributed by atoms with Crippen LogP contribution in [0.5, 0.6) is 0 Å². The van der Waals surface area contributed by atoms with Crippen molar-refractivity contribution in [2.24, 2.45) is 0 Å². The molecule has 1 aromatic rings. The molecule has 1 aliphatic rings. The van der Waals surface area contributed by atoms with Crippen LogP contribution in [-0.4, -0.2) is 34.2 Å². The Morgan fingerprint density at radius 1 is 1.20 bits per heavy atom. The standard InChI is InChI=1S/C14H16N2O4/c1-2-10(16(19)20)6-5-9-15-13(17)11-7-3-4-8-12(11)14(15)18/h3-4,7-8,10H,2,5-6,9H2,1H3. The molecule has 1 aliphatic heterocycles. The fourth-order valence-corrected chi connectivity index (χ4v) is 2.39. The van der Waals surface area contributed by atoms with Crippen molar-refractivity contribution in [2.45, 2.75) is 32.2 Å². The second-order valence-corrected chi connectivity index (χ2v) is 4.80. The molecular weight excluding hydrogens is 260 g/mol. The molecule has 0 N–H and O–H groups in total. The number of hydrogen-bond donors (Lipinski definition) is 0. The Bertz CT molecular complexity index is 521. The van der Waals surface area contributed by atoms with Gasteiger partial charge in [-0.3, -0.25) is 24.6 Å². The maximum atomic E-state index is 12.1. The summed E-state index contributed by atoms with van der Waals surface area (Å²) in [6.07, 6.45) is 1.27. The van der Waals surface area contributed by atoms with Crippen LogP contribution in [0, 0.1) is 10.1 Å². The summed E-state index contributed by atoms with van der Waals surface area (Å²) in [5, 5.41) is 10.7. The minimum atomic E-state index is -0.606. The lowest BCUT2D eigenvalue weighted by molar-refractivity contribution is -0.523. The van der Waals surface area contributed by atoms with Crippen molar-refractivity contribution in [3.05, 3.63) is 45.5 Å². The zero-order valence-corrected chi connectivity index (χ0v) is 11.2. The largest absolute Gasteiger partial charge is 0.274 e. The van der Waals surface area contributed by atoms with E-state index in [2.05, 4.69) is 0 Å². The van der Waals surface area contributed by atoms with Crippen molar-refractivity contribution in [1.29, 1.82) is 0 Å². The van der Waals surface area contributed by atoms with Crippen LogP contribution in [0.25, 0.3) is 0 Å². The summed E-state index contributed by atoms with van der Waals surface area (Å²) < 4.78 is 0. The topological polar surface area (TPSA) is 80.5 Å². The Labute approximate surface area is 116 Å². The minimum absolute atomic E-state index is 0.233. The van der Waals surface area contributed by atoms with Crippen molar-refractivity contribution in [3.63, 3.8) is 0 Å². The molecule has 1 aromatic carbocycles. The first kappa shape index (κ1) is 14.2. The Hall–Kier alpha value is -2.24. The third-order valence-corrected chi connectivity index (χ3v) is 3.57. The van der Waals surface area contributed by atoms with Gasteiger partial charge in [-0.25, -0.2) is 0 Å². The number of imide groups is 1. The van der Waals surface area contributed by atoms with Gasteiger partial charge in [0.25, 0.3) is 11.8 Å². The summed E-state index contributed by atoms with van der Waals surface area (Å²) in [7, 11) is 0. The van der Waals surface area contributed by atoms with E-state index in [1.807, 2.05) is 0 Å². The van der Waals surface area contributed by atoms with Crippen LogP contribution >= 0.6 is 0 Å².